The van der Waals surface area contributed by atoms with Gasteiger partial charge in [0.25, 0.3) is 0 Å². The minimum atomic E-state index is -0.363. The molecule has 0 aromatic carbocycles. The summed E-state index contributed by atoms with van der Waals surface area (Å²) in [7, 11) is -0.363. The normalized spacial score (nSPS) is 13.0. The molecule has 0 saturated carbocycles. The molecule has 0 aromatic heterocycles. The summed E-state index contributed by atoms with van der Waals surface area (Å²) in [5.74, 6) is 0. The lowest BCUT2D eigenvalue weighted by molar-refractivity contribution is -0.163. The highest BCUT2D eigenvalue weighted by Crippen LogP contribution is 2.11. The van der Waals surface area contributed by atoms with E-state index < -0.39 is 0 Å². The smallest absolute Gasteiger partial charge is 0.142 e. The van der Waals surface area contributed by atoms with Crippen molar-refractivity contribution >= 4 is 9.52 Å². The quantitative estimate of drug-likeness (QED) is 0.464. The lowest BCUT2D eigenvalue weighted by Crippen LogP contribution is -2.39. The summed E-state index contributed by atoms with van der Waals surface area (Å²) in [5.41, 5.74) is 5.16. The first kappa shape index (κ1) is 12.1. The lowest BCUT2D eigenvalue weighted by Gasteiger charge is -2.28. The van der Waals surface area contributed by atoms with Crippen LogP contribution in [-0.4, -0.2) is 34.7 Å². The highest BCUT2D eigenvalue weighted by molar-refractivity contribution is 6.38. The van der Waals surface area contributed by atoms with Gasteiger partial charge in [-0.25, -0.2) is 0 Å². The van der Waals surface area contributed by atoms with Crippen LogP contribution in [0.1, 0.15) is 20.8 Å². The number of hydrogen-bond donors (Lipinski definition) is 1. The van der Waals surface area contributed by atoms with Crippen LogP contribution in [0.5, 0.6) is 0 Å². The van der Waals surface area contributed by atoms with Gasteiger partial charge < -0.3 is 15.2 Å². The Labute approximate surface area is 77.4 Å². The van der Waals surface area contributed by atoms with Crippen LogP contribution in [0.15, 0.2) is 0 Å². The standard InChI is InChI=1S/C8H21NO2Si/c1-4-10-8(3,11-5-2)12-7-6-9/h4-7,9,12H2,1-3H3. The summed E-state index contributed by atoms with van der Waals surface area (Å²) in [6.45, 7) is 8.20. The van der Waals surface area contributed by atoms with Crippen molar-refractivity contribution in [3.05, 3.63) is 0 Å². The zero-order chi connectivity index (χ0) is 9.45. The van der Waals surface area contributed by atoms with Gasteiger partial charge in [-0.15, -0.1) is 0 Å². The molecule has 0 fully saturated rings. The summed E-state index contributed by atoms with van der Waals surface area (Å²) in [6, 6.07) is 1.08. The molecule has 0 radical (unpaired) electrons. The first-order valence-corrected chi connectivity index (χ1v) is 6.37. The molecule has 2 N–H and O–H groups in total. The molecule has 0 heterocycles. The molecule has 0 bridgehead atoms. The van der Waals surface area contributed by atoms with Crippen molar-refractivity contribution in [1.82, 2.24) is 0 Å². The van der Waals surface area contributed by atoms with E-state index in [1.54, 1.807) is 0 Å². The molecule has 0 unspecified atom stereocenters. The molecule has 0 spiro atoms. The second-order valence-electron chi connectivity index (χ2n) is 2.89. The summed E-state index contributed by atoms with van der Waals surface area (Å²) in [6.07, 6.45) is 0. The van der Waals surface area contributed by atoms with Gasteiger partial charge in [-0.3, -0.25) is 0 Å². The first-order chi connectivity index (χ1) is 5.68. The van der Waals surface area contributed by atoms with Gasteiger partial charge in [-0.1, -0.05) is 0 Å². The molecule has 4 heteroatoms. The molecule has 3 nitrogen and oxygen atoms in total. The maximum Gasteiger partial charge on any atom is 0.142 e. The second kappa shape index (κ2) is 6.60. The Morgan fingerprint density at radius 3 is 2.08 bits per heavy atom. The van der Waals surface area contributed by atoms with Crippen molar-refractivity contribution in [2.45, 2.75) is 32.2 Å². The molecule has 0 aromatic rings. The molecule has 12 heavy (non-hydrogen) atoms. The number of ether oxygens (including phenoxy) is 2. The van der Waals surface area contributed by atoms with Gasteiger partial charge in [-0.2, -0.15) is 0 Å². The molecular formula is C8H21NO2Si. The van der Waals surface area contributed by atoms with E-state index in [9.17, 15) is 0 Å². The minimum Gasteiger partial charge on any atom is -0.355 e. The van der Waals surface area contributed by atoms with Crippen LogP contribution in [0.4, 0.5) is 0 Å². The monoisotopic (exact) mass is 191 g/mol. The number of hydrogen-bond acceptors (Lipinski definition) is 3. The third-order valence-corrected chi connectivity index (χ3v) is 3.81. The van der Waals surface area contributed by atoms with Crippen LogP contribution >= 0.6 is 0 Å². The summed E-state index contributed by atoms with van der Waals surface area (Å²) < 4.78 is 11.1. The van der Waals surface area contributed by atoms with Crippen LogP contribution in [-0.2, 0) is 9.47 Å². The molecule has 0 aliphatic rings. The maximum absolute atomic E-state index is 5.56. The molecule has 0 amide bonds. The summed E-state index contributed by atoms with van der Waals surface area (Å²) in [4.78, 5) is 0. The van der Waals surface area contributed by atoms with Crippen LogP contribution in [0, 0.1) is 0 Å². The van der Waals surface area contributed by atoms with Crippen molar-refractivity contribution in [1.29, 1.82) is 0 Å². The highest BCUT2D eigenvalue weighted by Gasteiger charge is 2.23. The maximum atomic E-state index is 5.56. The summed E-state index contributed by atoms with van der Waals surface area (Å²) in [5, 5.41) is 0. The van der Waals surface area contributed by atoms with Gasteiger partial charge in [0.15, 0.2) is 0 Å². The van der Waals surface area contributed by atoms with Gasteiger partial charge in [0, 0.05) is 13.2 Å². The van der Waals surface area contributed by atoms with Crippen LogP contribution in [0.3, 0.4) is 0 Å². The zero-order valence-electron chi connectivity index (χ0n) is 8.43. The predicted octanol–water partition coefficient (Wildman–Crippen LogP) is 0.279. The van der Waals surface area contributed by atoms with Crippen LogP contribution in [0.25, 0.3) is 0 Å². The third kappa shape index (κ3) is 4.87. The van der Waals surface area contributed by atoms with Gasteiger partial charge in [0.1, 0.15) is 5.41 Å². The fraction of sp³-hybridized carbons (Fsp3) is 1.00. The Morgan fingerprint density at radius 1 is 1.25 bits per heavy atom. The number of rotatable bonds is 7. The van der Waals surface area contributed by atoms with E-state index in [4.69, 9.17) is 15.2 Å². The molecular weight excluding hydrogens is 170 g/mol. The molecule has 0 saturated heterocycles. The Bertz CT molecular complexity index is 105. The molecule has 74 valence electrons. The molecule has 0 aliphatic carbocycles. The van der Waals surface area contributed by atoms with E-state index >= 15 is 0 Å². The summed E-state index contributed by atoms with van der Waals surface area (Å²) >= 11 is 0. The SMILES string of the molecule is CCOC(C)(OCC)[SiH2]CCN. The van der Waals surface area contributed by atoms with Crippen LogP contribution in [0.2, 0.25) is 6.04 Å². The van der Waals surface area contributed by atoms with E-state index in [0.717, 1.165) is 12.6 Å². The lowest BCUT2D eigenvalue weighted by atomic mass is 10.7. The van der Waals surface area contributed by atoms with Gasteiger partial charge in [0.05, 0.1) is 9.52 Å². The average molecular weight is 191 g/mol. The Morgan fingerprint density at radius 2 is 1.75 bits per heavy atom. The average Bonchev–Trinajstić information content (AvgIpc) is 2.02. The van der Waals surface area contributed by atoms with Crippen molar-refractivity contribution in [2.24, 2.45) is 5.73 Å². The number of nitrogens with two attached hydrogens (primary N) is 1. The topological polar surface area (TPSA) is 44.5 Å². The van der Waals surface area contributed by atoms with E-state index in [-0.39, 0.29) is 14.9 Å². The Hall–Kier alpha value is 0.0969. The fourth-order valence-electron chi connectivity index (χ4n) is 1.22. The van der Waals surface area contributed by atoms with Gasteiger partial charge >= 0.3 is 0 Å². The van der Waals surface area contributed by atoms with Crippen molar-refractivity contribution < 1.29 is 9.47 Å². The third-order valence-electron chi connectivity index (χ3n) is 1.73. The van der Waals surface area contributed by atoms with E-state index in [1.165, 1.54) is 0 Å². The highest BCUT2D eigenvalue weighted by atomic mass is 28.2. The fourth-order valence-corrected chi connectivity index (χ4v) is 2.76. The Balaban J connectivity index is 3.80. The van der Waals surface area contributed by atoms with Crippen molar-refractivity contribution in [2.75, 3.05) is 19.8 Å². The van der Waals surface area contributed by atoms with E-state index in [0.29, 0.717) is 13.2 Å². The van der Waals surface area contributed by atoms with E-state index in [1.807, 2.05) is 20.8 Å². The molecule has 0 atom stereocenters. The van der Waals surface area contributed by atoms with Gasteiger partial charge in [-0.05, 0) is 33.4 Å². The largest absolute Gasteiger partial charge is 0.355 e. The van der Waals surface area contributed by atoms with Crippen molar-refractivity contribution in [3.63, 3.8) is 0 Å². The second-order valence-corrected chi connectivity index (χ2v) is 5.38. The zero-order valence-corrected chi connectivity index (χ0v) is 9.84. The molecule has 0 aliphatic heterocycles. The van der Waals surface area contributed by atoms with Crippen LogP contribution < -0.4 is 5.73 Å². The predicted molar refractivity (Wildman–Crippen MR) is 54.1 cm³/mol. The minimum absolute atomic E-state index is 0.289. The Kier molecular flexibility index (Phi) is 6.65. The van der Waals surface area contributed by atoms with Gasteiger partial charge in [0.2, 0.25) is 0 Å². The molecule has 0 rings (SSSR count). The van der Waals surface area contributed by atoms with Crippen molar-refractivity contribution in [3.8, 4) is 0 Å². The van der Waals surface area contributed by atoms with E-state index in [2.05, 4.69) is 0 Å². The first-order valence-electron chi connectivity index (χ1n) is 4.66.